The fourth-order valence-electron chi connectivity index (χ4n) is 10.5. The zero-order chi connectivity index (χ0) is 54.5. The van der Waals surface area contributed by atoms with Gasteiger partial charge in [0.1, 0.15) is 59.9 Å². The number of allylic oxidation sites excluding steroid dienone is 2. The van der Waals surface area contributed by atoms with Gasteiger partial charge in [-0.05, 0) is 141 Å². The summed E-state index contributed by atoms with van der Waals surface area (Å²) in [5, 5.41) is 82.5. The predicted molar refractivity (Wildman–Crippen MR) is 300 cm³/mol. The van der Waals surface area contributed by atoms with E-state index in [1.807, 2.05) is 72.8 Å². The van der Waals surface area contributed by atoms with Gasteiger partial charge >= 0.3 is 5.97 Å². The number of carbonyl (C=O) groups excluding carboxylic acids is 1. The molecular weight excluding hydrogens is 989 g/mol. The molecule has 0 saturated heterocycles. The van der Waals surface area contributed by atoms with Crippen LogP contribution in [0.4, 0.5) is 22.7 Å². The Labute approximate surface area is 450 Å². The highest BCUT2D eigenvalue weighted by atomic mass is 16.5. The lowest BCUT2D eigenvalue weighted by molar-refractivity contribution is -0.146. The van der Waals surface area contributed by atoms with E-state index in [4.69, 9.17) is 15.2 Å². The molecule has 8 aromatic carbocycles. The lowest BCUT2D eigenvalue weighted by Gasteiger charge is -2.34. The Kier molecular flexibility index (Phi) is 14.9. The monoisotopic (exact) mass is 1050 g/mol. The van der Waals surface area contributed by atoms with Crippen LogP contribution < -0.4 is 31.2 Å². The zero-order valence-corrected chi connectivity index (χ0v) is 42.2. The molecule has 4 unspecified atom stereocenters. The number of aliphatic carboxylic acids is 1. The fraction of sp³-hybridized carbons (Fsp3) is 0.175. The molecule has 78 heavy (non-hydrogen) atoms. The first kappa shape index (κ1) is 52.0. The maximum Gasteiger partial charge on any atom is 0.307 e. The summed E-state index contributed by atoms with van der Waals surface area (Å²) in [6, 6.07) is 51.8. The van der Waals surface area contributed by atoms with Gasteiger partial charge in [-0.1, -0.05) is 109 Å². The van der Waals surface area contributed by atoms with Gasteiger partial charge in [-0.25, -0.2) is 0 Å². The number of phenolic OH excluding ortho intramolecular Hbond substituents is 4. The van der Waals surface area contributed by atoms with Crippen LogP contribution in [-0.2, 0) is 15.0 Å². The molecule has 2 aliphatic carbocycles. The number of nitrogens with two attached hydrogens (primary N) is 1. The second-order valence-corrected chi connectivity index (χ2v) is 19.5. The highest BCUT2D eigenvalue weighted by Crippen LogP contribution is 2.56. The Bertz CT molecular complexity index is 3480. The number of ether oxygens (including phenoxy) is 2. The second-order valence-electron chi connectivity index (χ2n) is 19.5. The number of carboxylic acids is 1. The smallest absolute Gasteiger partial charge is 0.307 e. The Morgan fingerprint density at radius 3 is 1.40 bits per heavy atom. The molecule has 2 aliphatic rings. The zero-order valence-electron chi connectivity index (χ0n) is 42.2. The molecule has 0 bridgehead atoms. The number of phenols is 4. The number of rotatable bonds is 19. The number of fused-ring (bicyclic) bond motifs is 3. The van der Waals surface area contributed by atoms with Crippen LogP contribution in [0.3, 0.4) is 0 Å². The minimum Gasteiger partial charge on any atom is -0.506 e. The summed E-state index contributed by atoms with van der Waals surface area (Å²) in [5.74, 6) is -2.39. The summed E-state index contributed by atoms with van der Waals surface area (Å²) >= 11 is 0. The first-order valence-corrected chi connectivity index (χ1v) is 25.5. The largest absolute Gasteiger partial charge is 0.506 e. The van der Waals surface area contributed by atoms with Gasteiger partial charge in [0.25, 0.3) is 0 Å². The Morgan fingerprint density at radius 1 is 0.526 bits per heavy atom. The van der Waals surface area contributed by atoms with Gasteiger partial charge in [0, 0.05) is 13.1 Å². The van der Waals surface area contributed by atoms with Gasteiger partial charge in [0.2, 0.25) is 5.91 Å². The summed E-state index contributed by atoms with van der Waals surface area (Å²) in [7, 11) is 0. The highest BCUT2D eigenvalue weighted by molar-refractivity contribution is 5.97. The molecule has 0 heterocycles. The Hall–Kier alpha value is -9.44. The minimum absolute atomic E-state index is 0.00983. The molecule has 0 saturated carbocycles. The van der Waals surface area contributed by atoms with Gasteiger partial charge in [0.05, 0.1) is 40.0 Å². The van der Waals surface area contributed by atoms with Crippen LogP contribution in [0.1, 0.15) is 35.1 Å². The van der Waals surface area contributed by atoms with E-state index in [9.17, 15) is 45.3 Å². The van der Waals surface area contributed by atoms with Crippen molar-refractivity contribution in [3.05, 3.63) is 204 Å². The number of aromatic hydroxyl groups is 4. The summed E-state index contributed by atoms with van der Waals surface area (Å²) in [6.07, 6.45) is 2.12. The van der Waals surface area contributed by atoms with E-state index in [1.54, 1.807) is 66.7 Å². The number of carboxylic acid groups (broad SMARTS) is 1. The van der Waals surface area contributed by atoms with Crippen molar-refractivity contribution in [3.63, 3.8) is 0 Å². The van der Waals surface area contributed by atoms with Crippen LogP contribution in [0.2, 0.25) is 0 Å². The summed E-state index contributed by atoms with van der Waals surface area (Å²) in [5.41, 5.74) is 15.4. The summed E-state index contributed by atoms with van der Waals surface area (Å²) < 4.78 is 12.2. The molecule has 0 aromatic heterocycles. The maximum absolute atomic E-state index is 13.2. The van der Waals surface area contributed by atoms with Crippen molar-refractivity contribution in [3.8, 4) is 67.9 Å². The van der Waals surface area contributed by atoms with Gasteiger partial charge in [-0.2, -0.15) is 0 Å². The average Bonchev–Trinajstić information content (AvgIpc) is 3.90. The molecule has 15 nitrogen and oxygen atoms in total. The fourth-order valence-corrected chi connectivity index (χ4v) is 10.5. The third kappa shape index (κ3) is 10.7. The van der Waals surface area contributed by atoms with Crippen molar-refractivity contribution in [2.45, 2.75) is 30.5 Å². The van der Waals surface area contributed by atoms with E-state index in [-0.39, 0.29) is 73.5 Å². The van der Waals surface area contributed by atoms with Crippen molar-refractivity contribution >= 4 is 34.6 Å². The van der Waals surface area contributed by atoms with Crippen LogP contribution in [0.25, 0.3) is 33.4 Å². The number of nitrogens with one attached hydrogen (secondary N) is 3. The number of aliphatic hydroxyl groups is 2. The Morgan fingerprint density at radius 2 is 0.936 bits per heavy atom. The normalized spacial score (nSPS) is 15.8. The number of amides is 1. The van der Waals surface area contributed by atoms with Crippen molar-refractivity contribution in [2.75, 3.05) is 48.0 Å². The highest BCUT2D eigenvalue weighted by Gasteiger charge is 2.46. The van der Waals surface area contributed by atoms with Crippen molar-refractivity contribution < 1.29 is 54.8 Å². The van der Waals surface area contributed by atoms with Gasteiger partial charge in [-0.15, -0.1) is 0 Å². The molecular formula is C63H58N4O11. The molecule has 0 fully saturated rings. The molecule has 8 aromatic rings. The van der Waals surface area contributed by atoms with Crippen LogP contribution >= 0.6 is 0 Å². The maximum atomic E-state index is 13.2. The quantitative estimate of drug-likeness (QED) is 0.0205. The number of aliphatic hydroxyl groups excluding tert-OH is 2. The van der Waals surface area contributed by atoms with E-state index in [0.717, 1.165) is 44.5 Å². The number of benzene rings is 8. The molecule has 15 heteroatoms. The van der Waals surface area contributed by atoms with E-state index in [2.05, 4.69) is 40.2 Å². The molecule has 12 N–H and O–H groups in total. The van der Waals surface area contributed by atoms with Crippen molar-refractivity contribution in [1.82, 2.24) is 0 Å². The first-order chi connectivity index (χ1) is 37.8. The average molecular weight is 1050 g/mol. The SMILES string of the molecule is Nc1cc(-c2ccc(O)c(NCC(O)COc3ccc(C4(c5ccc(OCC(O)CNc6cc(-c7ccc(O)c(NC(=O)C8CC=CCC8C(=O)O)c7)ccc6O)cc5)c5ccccc5-c5ccccc54)cc3)c2)ccc1O. The van der Waals surface area contributed by atoms with Crippen molar-refractivity contribution in [2.24, 2.45) is 11.8 Å². The van der Waals surface area contributed by atoms with E-state index < -0.39 is 41.3 Å². The molecule has 10 rings (SSSR count). The molecule has 396 valence electrons. The van der Waals surface area contributed by atoms with Crippen LogP contribution in [0, 0.1) is 11.8 Å². The third-order valence-electron chi connectivity index (χ3n) is 14.5. The number of nitrogen functional groups attached to an aromatic ring is 1. The van der Waals surface area contributed by atoms with Crippen LogP contribution in [0.5, 0.6) is 34.5 Å². The summed E-state index contributed by atoms with van der Waals surface area (Å²) in [6.45, 7) is 0.0269. The van der Waals surface area contributed by atoms with Gasteiger partial charge in [-0.3, -0.25) is 9.59 Å². The van der Waals surface area contributed by atoms with Gasteiger partial charge in [0.15, 0.2) is 0 Å². The Balaban J connectivity index is 0.792. The van der Waals surface area contributed by atoms with Crippen LogP contribution in [0.15, 0.2) is 182 Å². The molecule has 1 amide bonds. The minimum atomic E-state index is -1.06. The lowest BCUT2D eigenvalue weighted by atomic mass is 9.68. The lowest BCUT2D eigenvalue weighted by Crippen LogP contribution is -2.34. The third-order valence-corrected chi connectivity index (χ3v) is 14.5. The number of carbonyl (C=O) groups is 2. The standard InChI is InChI=1S/C63H58N4O11/c64-53-29-37(13-25-57(53)70)38-14-26-58(71)54(30-38)65-33-43(68)35-77-45-21-17-41(18-22-45)63(51-11-5-3-7-47(51)48-8-4-6-12-52(48)63)42-19-23-46(24-20-42)78-36-44(69)34-66-55-31-39(15-27-59(55)72)40-16-28-60(73)56(32-40)67-61(74)49-9-1-2-10-50(49)62(75)76/h1-8,11-32,43-44,49-50,65-66,68-73H,9-10,33-36,64H2,(H,67,74)(H,75,76). The molecule has 0 aliphatic heterocycles. The van der Waals surface area contributed by atoms with E-state index >= 15 is 0 Å². The first-order valence-electron chi connectivity index (χ1n) is 25.5. The van der Waals surface area contributed by atoms with E-state index in [1.165, 1.54) is 18.2 Å². The van der Waals surface area contributed by atoms with E-state index in [0.29, 0.717) is 34.0 Å². The van der Waals surface area contributed by atoms with Gasteiger partial charge < -0.3 is 66.9 Å². The summed E-state index contributed by atoms with van der Waals surface area (Å²) in [4.78, 5) is 25.0. The second kappa shape index (κ2) is 22.4. The van der Waals surface area contributed by atoms with Crippen molar-refractivity contribution in [1.29, 1.82) is 0 Å². The number of hydrogen-bond donors (Lipinski definition) is 11. The molecule has 0 spiro atoms. The number of hydrogen-bond acceptors (Lipinski definition) is 13. The predicted octanol–water partition coefficient (Wildman–Crippen LogP) is 10.1. The number of anilines is 4. The molecule has 4 atom stereocenters. The van der Waals surface area contributed by atoms with Crippen LogP contribution in [-0.4, -0.2) is 86.1 Å². The molecule has 0 radical (unpaired) electrons. The topological polar surface area (TPSA) is 256 Å².